The van der Waals surface area contributed by atoms with Gasteiger partial charge in [-0.3, -0.25) is 14.7 Å². The van der Waals surface area contributed by atoms with Crippen LogP contribution in [-0.4, -0.2) is 59.6 Å². The van der Waals surface area contributed by atoms with Crippen molar-refractivity contribution in [3.8, 4) is 5.75 Å². The Labute approximate surface area is 192 Å². The van der Waals surface area contributed by atoms with Crippen LogP contribution in [0.1, 0.15) is 22.6 Å². The molecule has 6 nitrogen and oxygen atoms in total. The number of rotatable bonds is 6. The third kappa shape index (κ3) is 4.03. The van der Waals surface area contributed by atoms with E-state index in [4.69, 9.17) is 9.47 Å². The molecule has 7 heteroatoms. The van der Waals surface area contributed by atoms with Crippen molar-refractivity contribution in [2.75, 3.05) is 33.4 Å². The van der Waals surface area contributed by atoms with Crippen molar-refractivity contribution in [1.82, 2.24) is 14.8 Å². The zero-order valence-corrected chi connectivity index (χ0v) is 19.0. The van der Waals surface area contributed by atoms with Gasteiger partial charge in [-0.2, -0.15) is 11.3 Å². The van der Waals surface area contributed by atoms with E-state index in [1.54, 1.807) is 24.6 Å². The molecule has 0 aliphatic carbocycles. The molecule has 5 rings (SSSR count). The van der Waals surface area contributed by atoms with Crippen molar-refractivity contribution in [3.05, 3.63) is 82.3 Å². The summed E-state index contributed by atoms with van der Waals surface area (Å²) >= 11 is 1.66. The van der Waals surface area contributed by atoms with Gasteiger partial charge < -0.3 is 14.4 Å². The summed E-state index contributed by atoms with van der Waals surface area (Å²) in [7, 11) is 1.67. The molecule has 0 bridgehead atoms. The van der Waals surface area contributed by atoms with Crippen LogP contribution in [0.4, 0.5) is 0 Å². The molecule has 2 saturated heterocycles. The molecular weight excluding hydrogens is 422 g/mol. The monoisotopic (exact) mass is 449 g/mol. The van der Waals surface area contributed by atoms with Gasteiger partial charge in [0.15, 0.2) is 5.60 Å². The minimum Gasteiger partial charge on any atom is -0.497 e. The third-order valence-electron chi connectivity index (χ3n) is 6.44. The molecule has 0 saturated carbocycles. The molecule has 1 amide bonds. The van der Waals surface area contributed by atoms with Crippen molar-refractivity contribution >= 4 is 17.2 Å². The normalized spacial score (nSPS) is 23.7. The number of carbonyl (C=O) groups is 1. The van der Waals surface area contributed by atoms with Crippen LogP contribution in [0.5, 0.6) is 5.75 Å². The number of nitrogens with zero attached hydrogens (tertiary/aromatic N) is 3. The second-order valence-electron chi connectivity index (χ2n) is 8.45. The number of likely N-dealkylation sites (tertiary alicyclic amines) is 1. The fraction of sp³-hybridized carbons (Fsp3) is 0.360. The number of hydrogen-bond acceptors (Lipinski definition) is 6. The first kappa shape index (κ1) is 21.1. The van der Waals surface area contributed by atoms with Crippen molar-refractivity contribution in [2.24, 2.45) is 0 Å². The summed E-state index contributed by atoms with van der Waals surface area (Å²) in [5.74, 6) is 0.864. The molecule has 1 aromatic carbocycles. The molecule has 1 spiro atoms. The number of benzene rings is 1. The molecule has 2 aliphatic rings. The number of hydrogen-bond donors (Lipinski definition) is 0. The SMILES string of the molecule is COc1ccc(CN2C[C@@H](c3cccnc3)[C@]3(C2)OCCN(Cc2ccsc2)C3=O)cc1. The summed E-state index contributed by atoms with van der Waals surface area (Å²) in [5.41, 5.74) is 2.53. The zero-order valence-electron chi connectivity index (χ0n) is 18.1. The molecule has 0 N–H and O–H groups in total. The number of ether oxygens (including phenoxy) is 2. The fourth-order valence-electron chi connectivity index (χ4n) is 4.86. The topological polar surface area (TPSA) is 54.9 Å². The van der Waals surface area contributed by atoms with Crippen molar-refractivity contribution < 1.29 is 14.3 Å². The summed E-state index contributed by atoms with van der Waals surface area (Å²) in [6.07, 6.45) is 3.64. The van der Waals surface area contributed by atoms with Crippen LogP contribution in [0.3, 0.4) is 0 Å². The lowest BCUT2D eigenvalue weighted by Gasteiger charge is -2.42. The summed E-state index contributed by atoms with van der Waals surface area (Å²) < 4.78 is 11.7. The summed E-state index contributed by atoms with van der Waals surface area (Å²) in [4.78, 5) is 22.5. The molecule has 166 valence electrons. The first-order chi connectivity index (χ1) is 15.7. The van der Waals surface area contributed by atoms with Crippen LogP contribution in [-0.2, 0) is 22.6 Å². The van der Waals surface area contributed by atoms with Crippen LogP contribution >= 0.6 is 11.3 Å². The van der Waals surface area contributed by atoms with E-state index in [0.717, 1.165) is 24.4 Å². The van der Waals surface area contributed by atoms with E-state index < -0.39 is 5.60 Å². The van der Waals surface area contributed by atoms with Gasteiger partial charge in [0.2, 0.25) is 0 Å². The highest BCUT2D eigenvalue weighted by Gasteiger charge is 2.56. The second-order valence-corrected chi connectivity index (χ2v) is 9.23. The smallest absolute Gasteiger partial charge is 0.257 e. The van der Waals surface area contributed by atoms with Gasteiger partial charge in [-0.15, -0.1) is 0 Å². The average Bonchev–Trinajstić information content (AvgIpc) is 3.47. The zero-order chi connectivity index (χ0) is 22.0. The Kier molecular flexibility index (Phi) is 5.95. The van der Waals surface area contributed by atoms with E-state index >= 15 is 0 Å². The largest absolute Gasteiger partial charge is 0.497 e. The predicted molar refractivity (Wildman–Crippen MR) is 124 cm³/mol. The highest BCUT2D eigenvalue weighted by atomic mass is 32.1. The maximum absolute atomic E-state index is 13.9. The average molecular weight is 450 g/mol. The van der Waals surface area contributed by atoms with Crippen molar-refractivity contribution in [3.63, 3.8) is 0 Å². The Morgan fingerprint density at radius 1 is 1.19 bits per heavy atom. The first-order valence-electron chi connectivity index (χ1n) is 10.9. The minimum absolute atomic E-state index is 0.0628. The molecule has 2 atom stereocenters. The van der Waals surface area contributed by atoms with E-state index in [9.17, 15) is 4.79 Å². The summed E-state index contributed by atoms with van der Waals surface area (Å²) in [6, 6.07) is 14.2. The molecule has 3 aromatic rings. The lowest BCUT2D eigenvalue weighted by molar-refractivity contribution is -0.173. The van der Waals surface area contributed by atoms with E-state index in [2.05, 4.69) is 44.9 Å². The van der Waals surface area contributed by atoms with Gasteiger partial charge in [-0.05, 0) is 51.7 Å². The molecule has 0 unspecified atom stereocenters. The maximum atomic E-state index is 13.9. The molecule has 2 aliphatic heterocycles. The minimum atomic E-state index is -0.885. The lowest BCUT2D eigenvalue weighted by atomic mass is 9.83. The van der Waals surface area contributed by atoms with Gasteiger partial charge in [0.1, 0.15) is 5.75 Å². The molecule has 2 fully saturated rings. The predicted octanol–water partition coefficient (Wildman–Crippen LogP) is 3.55. The summed E-state index contributed by atoms with van der Waals surface area (Å²) in [5, 5.41) is 4.17. The van der Waals surface area contributed by atoms with E-state index in [-0.39, 0.29) is 11.8 Å². The van der Waals surface area contributed by atoms with Crippen molar-refractivity contribution in [2.45, 2.75) is 24.6 Å². The van der Waals surface area contributed by atoms with Crippen molar-refractivity contribution in [1.29, 1.82) is 0 Å². The number of morpholine rings is 1. The Balaban J connectivity index is 1.42. The molecule has 2 aromatic heterocycles. The van der Waals surface area contributed by atoms with Gasteiger partial charge in [0, 0.05) is 51.0 Å². The van der Waals surface area contributed by atoms with Gasteiger partial charge in [0.25, 0.3) is 5.91 Å². The van der Waals surface area contributed by atoms with E-state index in [1.807, 2.05) is 29.3 Å². The van der Waals surface area contributed by atoms with Crippen LogP contribution in [0.25, 0.3) is 0 Å². The molecular formula is C25H27N3O3S. The molecule has 0 radical (unpaired) electrons. The number of aromatic nitrogens is 1. The van der Waals surface area contributed by atoms with Crippen LogP contribution < -0.4 is 4.74 Å². The standard InChI is InChI=1S/C25H27N3O3S/c1-30-22-6-4-19(5-7-22)14-27-16-23(21-3-2-9-26-13-21)25(18-27)24(29)28(10-11-31-25)15-20-8-12-32-17-20/h2-9,12-13,17,23H,10-11,14-16,18H2,1H3/t23-,25-/m0/s1. The third-order valence-corrected chi connectivity index (χ3v) is 7.17. The Morgan fingerprint density at radius 3 is 2.78 bits per heavy atom. The Bertz CT molecular complexity index is 1040. The van der Waals surface area contributed by atoms with Crippen LogP contribution in [0.2, 0.25) is 0 Å². The van der Waals surface area contributed by atoms with E-state index in [0.29, 0.717) is 26.2 Å². The van der Waals surface area contributed by atoms with E-state index in [1.165, 1.54) is 11.1 Å². The van der Waals surface area contributed by atoms with Gasteiger partial charge in [-0.25, -0.2) is 0 Å². The molecule has 32 heavy (non-hydrogen) atoms. The van der Waals surface area contributed by atoms with Gasteiger partial charge in [-0.1, -0.05) is 18.2 Å². The highest BCUT2D eigenvalue weighted by Crippen LogP contribution is 2.42. The van der Waals surface area contributed by atoms with Gasteiger partial charge in [0.05, 0.1) is 13.7 Å². The number of pyridine rings is 1. The fourth-order valence-corrected chi connectivity index (χ4v) is 5.52. The number of amides is 1. The Morgan fingerprint density at radius 2 is 2.06 bits per heavy atom. The van der Waals surface area contributed by atoms with Crippen LogP contribution in [0, 0.1) is 0 Å². The Hall–Kier alpha value is -2.74. The quantitative estimate of drug-likeness (QED) is 0.576. The summed E-state index contributed by atoms with van der Waals surface area (Å²) in [6.45, 7) is 3.86. The maximum Gasteiger partial charge on any atom is 0.257 e. The second kappa shape index (κ2) is 9.02. The van der Waals surface area contributed by atoms with Crippen LogP contribution in [0.15, 0.2) is 65.6 Å². The number of thiophene rings is 1. The number of carbonyl (C=O) groups excluding carboxylic acids is 1. The highest BCUT2D eigenvalue weighted by molar-refractivity contribution is 7.07. The molecule has 4 heterocycles. The number of methoxy groups -OCH3 is 1. The van der Waals surface area contributed by atoms with Gasteiger partial charge >= 0.3 is 0 Å². The first-order valence-corrected chi connectivity index (χ1v) is 11.8. The lowest BCUT2D eigenvalue weighted by Crippen LogP contribution is -2.59.